The van der Waals surface area contributed by atoms with E-state index in [4.69, 9.17) is 0 Å². The minimum atomic E-state index is -0.432. The van der Waals surface area contributed by atoms with Crippen LogP contribution < -0.4 is 5.32 Å². The van der Waals surface area contributed by atoms with Gasteiger partial charge >= 0.3 is 0 Å². The predicted molar refractivity (Wildman–Crippen MR) is 73.9 cm³/mol. The fraction of sp³-hybridized carbons (Fsp3) is 0.625. The van der Waals surface area contributed by atoms with Gasteiger partial charge in [0.1, 0.15) is 11.6 Å². The third-order valence-corrected chi connectivity index (χ3v) is 4.49. The maximum Gasteiger partial charge on any atom is 0.130 e. The molecule has 1 aromatic carbocycles. The number of halogens is 2. The molecule has 1 aliphatic carbocycles. The second-order valence-corrected chi connectivity index (χ2v) is 5.60. The molecular formula is C16H23F2N. The number of hydrogen-bond acceptors (Lipinski definition) is 1. The van der Waals surface area contributed by atoms with Crippen LogP contribution >= 0.6 is 0 Å². The summed E-state index contributed by atoms with van der Waals surface area (Å²) in [4.78, 5) is 0. The topological polar surface area (TPSA) is 12.0 Å². The number of benzene rings is 1. The lowest BCUT2D eigenvalue weighted by Gasteiger charge is -2.34. The molecule has 0 saturated heterocycles. The molecule has 0 spiro atoms. The summed E-state index contributed by atoms with van der Waals surface area (Å²) in [5, 5.41) is 3.13. The first-order valence-electron chi connectivity index (χ1n) is 7.28. The summed E-state index contributed by atoms with van der Waals surface area (Å²) in [6.07, 6.45) is 5.69. The van der Waals surface area contributed by atoms with E-state index < -0.39 is 11.6 Å². The van der Waals surface area contributed by atoms with E-state index in [9.17, 15) is 8.78 Å². The van der Waals surface area contributed by atoms with Crippen molar-refractivity contribution in [3.05, 3.63) is 35.4 Å². The highest BCUT2D eigenvalue weighted by Crippen LogP contribution is 2.39. The van der Waals surface area contributed by atoms with E-state index in [2.05, 4.69) is 12.2 Å². The van der Waals surface area contributed by atoms with E-state index in [0.29, 0.717) is 11.8 Å². The van der Waals surface area contributed by atoms with Crippen LogP contribution in [0.2, 0.25) is 0 Å². The van der Waals surface area contributed by atoms with Crippen LogP contribution in [0.15, 0.2) is 18.2 Å². The van der Waals surface area contributed by atoms with Crippen molar-refractivity contribution in [1.29, 1.82) is 0 Å². The average Bonchev–Trinajstić information content (AvgIpc) is 2.43. The first-order chi connectivity index (χ1) is 9.17. The molecule has 3 heteroatoms. The standard InChI is InChI=1S/C16H23F2N/c1-3-11-6-4-7-12(10-11)16(19-2)15-13(17)8-5-9-14(15)18/h5,8-9,11-12,16,19H,3-4,6-7,10H2,1-2H3. The molecule has 1 fully saturated rings. The van der Waals surface area contributed by atoms with Crippen LogP contribution in [0.3, 0.4) is 0 Å². The summed E-state index contributed by atoms with van der Waals surface area (Å²) in [6.45, 7) is 2.20. The van der Waals surface area contributed by atoms with Gasteiger partial charge in [-0.25, -0.2) is 8.78 Å². The van der Waals surface area contributed by atoms with Crippen LogP contribution in [-0.2, 0) is 0 Å². The van der Waals surface area contributed by atoms with E-state index in [1.807, 2.05) is 0 Å². The Balaban J connectivity index is 2.24. The van der Waals surface area contributed by atoms with Gasteiger partial charge in [0.2, 0.25) is 0 Å². The van der Waals surface area contributed by atoms with Crippen LogP contribution in [0.1, 0.15) is 50.6 Å². The number of rotatable bonds is 4. The summed E-state index contributed by atoms with van der Waals surface area (Å²) < 4.78 is 27.9. The van der Waals surface area contributed by atoms with E-state index in [-0.39, 0.29) is 11.6 Å². The monoisotopic (exact) mass is 267 g/mol. The SMILES string of the molecule is CCC1CCCC(C(NC)c2c(F)cccc2F)C1. The first kappa shape index (κ1) is 14.4. The fourth-order valence-corrected chi connectivity index (χ4v) is 3.43. The molecular weight excluding hydrogens is 244 g/mol. The third-order valence-electron chi connectivity index (χ3n) is 4.49. The van der Waals surface area contributed by atoms with Crippen molar-refractivity contribution in [2.75, 3.05) is 7.05 Å². The lowest BCUT2D eigenvalue weighted by molar-refractivity contribution is 0.209. The molecule has 0 bridgehead atoms. The van der Waals surface area contributed by atoms with Gasteiger partial charge in [-0.3, -0.25) is 0 Å². The molecule has 0 aromatic heterocycles. The lowest BCUT2D eigenvalue weighted by atomic mass is 9.75. The Morgan fingerprint density at radius 2 is 1.95 bits per heavy atom. The molecule has 0 radical (unpaired) electrons. The van der Waals surface area contributed by atoms with Gasteiger partial charge in [0.25, 0.3) is 0 Å². The fourth-order valence-electron chi connectivity index (χ4n) is 3.43. The Morgan fingerprint density at radius 3 is 2.53 bits per heavy atom. The summed E-state index contributed by atoms with van der Waals surface area (Å²) >= 11 is 0. The van der Waals surface area contributed by atoms with Gasteiger partial charge in [-0.2, -0.15) is 0 Å². The van der Waals surface area contributed by atoms with Crippen molar-refractivity contribution in [3.63, 3.8) is 0 Å². The van der Waals surface area contributed by atoms with Crippen molar-refractivity contribution >= 4 is 0 Å². The molecule has 1 nitrogen and oxygen atoms in total. The largest absolute Gasteiger partial charge is 0.313 e. The summed E-state index contributed by atoms with van der Waals surface area (Å²) in [6, 6.07) is 3.91. The Hall–Kier alpha value is -0.960. The smallest absolute Gasteiger partial charge is 0.130 e. The first-order valence-corrected chi connectivity index (χ1v) is 7.28. The summed E-state index contributed by atoms with van der Waals surface area (Å²) in [5.41, 5.74) is 0.215. The normalized spacial score (nSPS) is 25.3. The molecule has 0 amide bonds. The zero-order valence-electron chi connectivity index (χ0n) is 11.8. The molecule has 106 valence electrons. The highest BCUT2D eigenvalue weighted by Gasteiger charge is 2.31. The maximum absolute atomic E-state index is 13.9. The van der Waals surface area contributed by atoms with Crippen molar-refractivity contribution in [3.8, 4) is 0 Å². The van der Waals surface area contributed by atoms with Gasteiger partial charge in [-0.1, -0.05) is 32.3 Å². The van der Waals surface area contributed by atoms with E-state index in [1.54, 1.807) is 7.05 Å². The molecule has 1 aliphatic rings. The quantitative estimate of drug-likeness (QED) is 0.850. The Kier molecular flexibility index (Phi) is 4.92. The molecule has 0 heterocycles. The van der Waals surface area contributed by atoms with Crippen LogP contribution in [0.4, 0.5) is 8.78 Å². The maximum atomic E-state index is 13.9. The molecule has 19 heavy (non-hydrogen) atoms. The van der Waals surface area contributed by atoms with Crippen molar-refractivity contribution < 1.29 is 8.78 Å². The zero-order valence-corrected chi connectivity index (χ0v) is 11.8. The number of nitrogens with one attached hydrogen (secondary N) is 1. The van der Waals surface area contributed by atoms with Gasteiger partial charge in [0.15, 0.2) is 0 Å². The second-order valence-electron chi connectivity index (χ2n) is 5.60. The highest BCUT2D eigenvalue weighted by molar-refractivity contribution is 5.24. The molecule has 0 aliphatic heterocycles. The molecule has 3 atom stereocenters. The average molecular weight is 267 g/mol. The van der Waals surface area contributed by atoms with Gasteiger partial charge in [-0.05, 0) is 43.9 Å². The van der Waals surface area contributed by atoms with Gasteiger partial charge in [0, 0.05) is 11.6 Å². The van der Waals surface area contributed by atoms with Crippen molar-refractivity contribution in [2.45, 2.75) is 45.1 Å². The predicted octanol–water partition coefficient (Wildman–Crippen LogP) is 4.44. The highest BCUT2D eigenvalue weighted by atomic mass is 19.1. The Labute approximate surface area is 114 Å². The lowest BCUT2D eigenvalue weighted by Crippen LogP contribution is -2.30. The van der Waals surface area contributed by atoms with Gasteiger partial charge in [-0.15, -0.1) is 0 Å². The van der Waals surface area contributed by atoms with Crippen molar-refractivity contribution in [1.82, 2.24) is 5.32 Å². The minimum Gasteiger partial charge on any atom is -0.313 e. The molecule has 3 unspecified atom stereocenters. The van der Waals surface area contributed by atoms with Gasteiger partial charge in [0.05, 0.1) is 0 Å². The summed E-state index contributed by atoms with van der Waals surface area (Å²) in [5.74, 6) is 0.162. The molecule has 1 saturated carbocycles. The molecule has 1 N–H and O–H groups in total. The number of hydrogen-bond donors (Lipinski definition) is 1. The molecule has 2 rings (SSSR count). The van der Waals surface area contributed by atoms with Crippen LogP contribution in [0, 0.1) is 23.5 Å². The van der Waals surface area contributed by atoms with Crippen LogP contribution in [0.5, 0.6) is 0 Å². The summed E-state index contributed by atoms with van der Waals surface area (Å²) in [7, 11) is 1.80. The van der Waals surface area contributed by atoms with E-state index in [1.165, 1.54) is 24.6 Å². The molecule has 1 aromatic rings. The Morgan fingerprint density at radius 1 is 1.26 bits per heavy atom. The Bertz CT molecular complexity index is 399. The van der Waals surface area contributed by atoms with Crippen LogP contribution in [0.25, 0.3) is 0 Å². The second kappa shape index (κ2) is 6.47. The van der Waals surface area contributed by atoms with Gasteiger partial charge < -0.3 is 5.32 Å². The van der Waals surface area contributed by atoms with Crippen LogP contribution in [-0.4, -0.2) is 7.05 Å². The zero-order chi connectivity index (χ0) is 13.8. The minimum absolute atomic E-state index is 0.212. The van der Waals surface area contributed by atoms with Crippen molar-refractivity contribution in [2.24, 2.45) is 11.8 Å². The van der Waals surface area contributed by atoms with E-state index in [0.717, 1.165) is 25.7 Å². The van der Waals surface area contributed by atoms with E-state index >= 15 is 0 Å². The third kappa shape index (κ3) is 3.14.